The molecular weight excluding hydrogens is 498 g/mol. The quantitative estimate of drug-likeness (QED) is 0.452. The lowest BCUT2D eigenvalue weighted by atomic mass is 9.90. The molecule has 36 heavy (non-hydrogen) atoms. The molecular formula is C25H20ClF4N5O. The molecule has 1 aromatic heterocycles. The maximum atomic E-state index is 14.5. The van der Waals surface area contributed by atoms with Crippen LogP contribution in [0.15, 0.2) is 42.6 Å². The summed E-state index contributed by atoms with van der Waals surface area (Å²) in [6.07, 6.45) is -2.00. The first-order chi connectivity index (χ1) is 16.6. The molecule has 0 aliphatic carbocycles. The number of benzene rings is 2. The summed E-state index contributed by atoms with van der Waals surface area (Å²) in [6, 6.07) is 10.5. The first-order valence-electron chi connectivity index (χ1n) is 10.7. The van der Waals surface area contributed by atoms with Crippen LogP contribution in [0.2, 0.25) is 0 Å². The second kappa shape index (κ2) is 10.4. The first kappa shape index (κ1) is 26.7. The highest BCUT2D eigenvalue weighted by Gasteiger charge is 2.34. The summed E-state index contributed by atoms with van der Waals surface area (Å²) in [5.41, 5.74) is 5.54. The Morgan fingerprint density at radius 2 is 1.69 bits per heavy atom. The van der Waals surface area contributed by atoms with Crippen molar-refractivity contribution in [3.05, 3.63) is 65.1 Å². The minimum Gasteiger partial charge on any atom is -0.507 e. The van der Waals surface area contributed by atoms with Gasteiger partial charge >= 0.3 is 6.18 Å². The van der Waals surface area contributed by atoms with Crippen molar-refractivity contribution in [3.8, 4) is 40.1 Å². The Morgan fingerprint density at radius 1 is 1.03 bits per heavy atom. The molecule has 0 radical (unpaired) electrons. The summed E-state index contributed by atoms with van der Waals surface area (Å²) >= 11 is 0. The number of phenolic OH excluding ortho intramolecular Hbond substituents is 1. The SMILES string of the molecule is Cl.N#Cc1ccc(-c2c(-c3ccc(C(F)(F)F)c(O)c3)cnc(N3CCC(N)CC3)c2C#N)cc1F. The number of aromatic nitrogens is 1. The van der Waals surface area contributed by atoms with Gasteiger partial charge in [-0.2, -0.15) is 23.7 Å². The van der Waals surface area contributed by atoms with Crippen LogP contribution in [0.3, 0.4) is 0 Å². The molecule has 0 unspecified atom stereocenters. The van der Waals surface area contributed by atoms with Crippen LogP contribution in [0, 0.1) is 28.5 Å². The normalized spacial score (nSPS) is 14.0. The molecule has 3 aromatic rings. The minimum absolute atomic E-state index is 0. The van der Waals surface area contributed by atoms with E-state index in [0.717, 1.165) is 24.3 Å². The van der Waals surface area contributed by atoms with Gasteiger partial charge in [0.1, 0.15) is 35.1 Å². The van der Waals surface area contributed by atoms with Gasteiger partial charge in [-0.25, -0.2) is 9.37 Å². The fraction of sp³-hybridized carbons (Fsp3) is 0.240. The Labute approximate surface area is 210 Å². The number of nitrogens with zero attached hydrogens (tertiary/aromatic N) is 4. The van der Waals surface area contributed by atoms with Gasteiger partial charge in [0.2, 0.25) is 0 Å². The minimum atomic E-state index is -4.75. The van der Waals surface area contributed by atoms with Crippen LogP contribution >= 0.6 is 12.4 Å². The Balaban J connectivity index is 0.00000361. The Bertz CT molecular complexity index is 1370. The Kier molecular flexibility index (Phi) is 7.73. The molecule has 0 atom stereocenters. The number of anilines is 1. The highest BCUT2D eigenvalue weighted by Crippen LogP contribution is 2.42. The zero-order valence-corrected chi connectivity index (χ0v) is 19.5. The van der Waals surface area contributed by atoms with Crippen molar-refractivity contribution in [1.82, 2.24) is 4.98 Å². The van der Waals surface area contributed by atoms with Crippen molar-refractivity contribution < 1.29 is 22.7 Å². The molecule has 0 spiro atoms. The number of rotatable bonds is 3. The van der Waals surface area contributed by atoms with Crippen LogP contribution in [0.5, 0.6) is 5.75 Å². The van der Waals surface area contributed by atoms with Gasteiger partial charge in [0.15, 0.2) is 0 Å². The largest absolute Gasteiger partial charge is 0.507 e. The van der Waals surface area contributed by atoms with Gasteiger partial charge in [-0.3, -0.25) is 0 Å². The van der Waals surface area contributed by atoms with Crippen molar-refractivity contribution in [3.63, 3.8) is 0 Å². The Morgan fingerprint density at radius 3 is 2.25 bits per heavy atom. The van der Waals surface area contributed by atoms with Crippen LogP contribution in [-0.4, -0.2) is 29.2 Å². The van der Waals surface area contributed by atoms with Crippen molar-refractivity contribution >= 4 is 18.2 Å². The van der Waals surface area contributed by atoms with Gasteiger partial charge in [-0.1, -0.05) is 12.1 Å². The van der Waals surface area contributed by atoms with Gasteiger partial charge in [0, 0.05) is 36.5 Å². The van der Waals surface area contributed by atoms with E-state index in [1.54, 1.807) is 6.07 Å². The molecule has 1 aliphatic heterocycles. The van der Waals surface area contributed by atoms with Gasteiger partial charge in [-0.15, -0.1) is 12.4 Å². The van der Waals surface area contributed by atoms with Gasteiger partial charge in [0.25, 0.3) is 0 Å². The predicted molar refractivity (Wildman–Crippen MR) is 128 cm³/mol. The summed E-state index contributed by atoms with van der Waals surface area (Å²) in [6.45, 7) is 1.09. The molecule has 2 aromatic carbocycles. The third kappa shape index (κ3) is 5.06. The van der Waals surface area contributed by atoms with E-state index in [1.165, 1.54) is 18.3 Å². The van der Waals surface area contributed by atoms with E-state index in [2.05, 4.69) is 11.1 Å². The number of aromatic hydroxyl groups is 1. The predicted octanol–water partition coefficient (Wildman–Crippen LogP) is 5.37. The maximum absolute atomic E-state index is 14.5. The fourth-order valence-corrected chi connectivity index (χ4v) is 4.18. The van der Waals surface area contributed by atoms with Crippen LogP contribution < -0.4 is 10.6 Å². The fourth-order valence-electron chi connectivity index (χ4n) is 4.18. The second-order valence-electron chi connectivity index (χ2n) is 8.22. The highest BCUT2D eigenvalue weighted by molar-refractivity contribution is 5.90. The number of pyridine rings is 1. The van der Waals surface area contributed by atoms with Crippen molar-refractivity contribution in [2.24, 2.45) is 5.73 Å². The Hall–Kier alpha value is -3.86. The lowest BCUT2D eigenvalue weighted by Crippen LogP contribution is -2.40. The first-order valence-corrected chi connectivity index (χ1v) is 10.7. The summed E-state index contributed by atoms with van der Waals surface area (Å²) in [5, 5.41) is 29.2. The van der Waals surface area contributed by atoms with Crippen molar-refractivity contribution in [2.45, 2.75) is 25.1 Å². The molecule has 1 saturated heterocycles. The molecule has 0 bridgehead atoms. The number of hydrogen-bond donors (Lipinski definition) is 2. The molecule has 0 amide bonds. The second-order valence-corrected chi connectivity index (χ2v) is 8.22. The van der Waals surface area contributed by atoms with Gasteiger partial charge < -0.3 is 15.7 Å². The van der Waals surface area contributed by atoms with Gasteiger partial charge in [0.05, 0.1) is 11.1 Å². The number of hydrogen-bond acceptors (Lipinski definition) is 6. The van der Waals surface area contributed by atoms with Crippen LogP contribution in [0.25, 0.3) is 22.3 Å². The molecule has 3 N–H and O–H groups in total. The zero-order chi connectivity index (χ0) is 25.3. The van der Waals surface area contributed by atoms with E-state index < -0.39 is 23.3 Å². The molecule has 4 rings (SSSR count). The monoisotopic (exact) mass is 517 g/mol. The van der Waals surface area contributed by atoms with E-state index in [-0.39, 0.29) is 51.8 Å². The number of nitrogens with two attached hydrogens (primary N) is 1. The van der Waals surface area contributed by atoms with E-state index in [0.29, 0.717) is 31.7 Å². The standard InChI is InChI=1S/C25H19F4N5O.ClH/c26-21-9-15(1-2-16(21)11-30)23-18(12-31)24(34-7-5-17(32)6-8-34)33-13-19(23)14-3-4-20(22(35)10-14)25(27,28)29;/h1-4,9-10,13,17,35H,5-8,32H2;1H. The lowest BCUT2D eigenvalue weighted by molar-refractivity contribution is -0.138. The topological polar surface area (TPSA) is 110 Å². The molecule has 0 saturated carbocycles. The number of piperidine rings is 1. The van der Waals surface area contributed by atoms with E-state index in [1.807, 2.05) is 4.90 Å². The van der Waals surface area contributed by atoms with Crippen LogP contribution in [0.4, 0.5) is 23.4 Å². The van der Waals surface area contributed by atoms with Crippen molar-refractivity contribution in [2.75, 3.05) is 18.0 Å². The highest BCUT2D eigenvalue weighted by atomic mass is 35.5. The average Bonchev–Trinajstić information content (AvgIpc) is 2.82. The molecule has 1 fully saturated rings. The molecule has 1 aliphatic rings. The zero-order valence-electron chi connectivity index (χ0n) is 18.7. The number of phenols is 1. The molecule has 6 nitrogen and oxygen atoms in total. The lowest BCUT2D eigenvalue weighted by Gasteiger charge is -2.32. The van der Waals surface area contributed by atoms with E-state index in [4.69, 9.17) is 11.0 Å². The van der Waals surface area contributed by atoms with Gasteiger partial charge in [-0.05, 0) is 48.2 Å². The molecule has 2 heterocycles. The van der Waals surface area contributed by atoms with Crippen molar-refractivity contribution in [1.29, 1.82) is 10.5 Å². The number of alkyl halides is 3. The van der Waals surface area contributed by atoms with Crippen LogP contribution in [-0.2, 0) is 6.18 Å². The maximum Gasteiger partial charge on any atom is 0.419 e. The van der Waals surface area contributed by atoms with E-state index in [9.17, 15) is 27.9 Å². The molecule has 186 valence electrons. The summed E-state index contributed by atoms with van der Waals surface area (Å²) < 4.78 is 54.0. The average molecular weight is 518 g/mol. The summed E-state index contributed by atoms with van der Waals surface area (Å²) in [4.78, 5) is 6.32. The molecule has 11 heteroatoms. The number of halogens is 5. The smallest absolute Gasteiger partial charge is 0.419 e. The van der Waals surface area contributed by atoms with Crippen LogP contribution in [0.1, 0.15) is 29.5 Å². The van der Waals surface area contributed by atoms with E-state index >= 15 is 0 Å². The third-order valence-corrected chi connectivity index (χ3v) is 6.00. The summed E-state index contributed by atoms with van der Waals surface area (Å²) in [5.74, 6) is -1.45. The summed E-state index contributed by atoms with van der Waals surface area (Å²) in [7, 11) is 0. The third-order valence-electron chi connectivity index (χ3n) is 6.00. The number of nitriles is 2.